The van der Waals surface area contributed by atoms with E-state index in [9.17, 15) is 9.59 Å². The molecule has 2 aromatic rings. The van der Waals surface area contributed by atoms with Crippen LogP contribution in [0.3, 0.4) is 0 Å². The SMILES string of the molecule is Cc1cc2c(cn1)CCC2N1C(=O)c2ccccc2C1=O. The summed E-state index contributed by atoms with van der Waals surface area (Å²) in [5.74, 6) is -0.356. The molecule has 0 N–H and O–H groups in total. The topological polar surface area (TPSA) is 50.3 Å². The summed E-state index contributed by atoms with van der Waals surface area (Å²) >= 11 is 0. The molecule has 0 radical (unpaired) electrons. The first-order chi connectivity index (χ1) is 10.2. The molecule has 4 heteroatoms. The molecule has 0 fully saturated rings. The number of carbonyl (C=O) groups excluding carboxylic acids is 2. The predicted octanol–water partition coefficient (Wildman–Crippen LogP) is 2.67. The van der Waals surface area contributed by atoms with Crippen molar-refractivity contribution in [3.63, 3.8) is 0 Å². The highest BCUT2D eigenvalue weighted by Crippen LogP contribution is 2.39. The van der Waals surface area contributed by atoms with Crippen LogP contribution < -0.4 is 0 Å². The van der Waals surface area contributed by atoms with E-state index in [0.717, 1.165) is 29.7 Å². The van der Waals surface area contributed by atoms with E-state index in [1.165, 1.54) is 4.90 Å². The second kappa shape index (κ2) is 4.25. The van der Waals surface area contributed by atoms with Crippen LogP contribution in [-0.2, 0) is 6.42 Å². The Morgan fingerprint density at radius 3 is 2.48 bits per heavy atom. The minimum absolute atomic E-state index is 0.158. The standard InChI is InChI=1S/C17H14N2O2/c1-10-8-14-11(9-18-10)6-7-15(14)19-16(20)12-4-2-3-5-13(12)17(19)21/h2-5,8-9,15H,6-7H2,1H3. The summed E-state index contributed by atoms with van der Waals surface area (Å²) in [6, 6.07) is 8.88. The maximum Gasteiger partial charge on any atom is 0.262 e. The second-order valence-corrected chi connectivity index (χ2v) is 5.60. The van der Waals surface area contributed by atoms with Gasteiger partial charge in [-0.15, -0.1) is 0 Å². The molecule has 0 saturated carbocycles. The van der Waals surface area contributed by atoms with Gasteiger partial charge in [-0.1, -0.05) is 12.1 Å². The van der Waals surface area contributed by atoms with Gasteiger partial charge in [0, 0.05) is 11.9 Å². The number of pyridine rings is 1. The Labute approximate surface area is 122 Å². The normalized spacial score (nSPS) is 19.9. The fourth-order valence-electron chi connectivity index (χ4n) is 3.34. The number of nitrogens with zero attached hydrogens (tertiary/aromatic N) is 2. The molecule has 2 aliphatic rings. The van der Waals surface area contributed by atoms with Crippen molar-refractivity contribution in [1.82, 2.24) is 9.88 Å². The minimum atomic E-state index is -0.178. The average Bonchev–Trinajstić information content (AvgIpc) is 3.00. The first-order valence-corrected chi connectivity index (χ1v) is 7.09. The van der Waals surface area contributed by atoms with Crippen molar-refractivity contribution in [2.45, 2.75) is 25.8 Å². The maximum atomic E-state index is 12.6. The number of hydrogen-bond acceptors (Lipinski definition) is 3. The van der Waals surface area contributed by atoms with Gasteiger partial charge in [0.25, 0.3) is 11.8 Å². The molecule has 4 nitrogen and oxygen atoms in total. The molecule has 1 aromatic heterocycles. The highest BCUT2D eigenvalue weighted by molar-refractivity contribution is 6.21. The van der Waals surface area contributed by atoms with E-state index >= 15 is 0 Å². The summed E-state index contributed by atoms with van der Waals surface area (Å²) < 4.78 is 0. The number of aromatic nitrogens is 1. The van der Waals surface area contributed by atoms with E-state index in [4.69, 9.17) is 0 Å². The highest BCUT2D eigenvalue weighted by atomic mass is 16.2. The Bertz CT molecular complexity index is 747. The third-order valence-electron chi connectivity index (χ3n) is 4.34. The van der Waals surface area contributed by atoms with Crippen molar-refractivity contribution in [2.24, 2.45) is 0 Å². The molecule has 21 heavy (non-hydrogen) atoms. The summed E-state index contributed by atoms with van der Waals surface area (Å²) in [4.78, 5) is 30.9. The van der Waals surface area contributed by atoms with Crippen molar-refractivity contribution in [3.05, 3.63) is 64.5 Å². The van der Waals surface area contributed by atoms with Gasteiger partial charge in [0.05, 0.1) is 17.2 Å². The van der Waals surface area contributed by atoms with Gasteiger partial charge in [0.2, 0.25) is 0 Å². The highest BCUT2D eigenvalue weighted by Gasteiger charge is 2.42. The Morgan fingerprint density at radius 2 is 1.81 bits per heavy atom. The van der Waals surface area contributed by atoms with E-state index < -0.39 is 0 Å². The van der Waals surface area contributed by atoms with Gasteiger partial charge in [-0.3, -0.25) is 19.5 Å². The quantitative estimate of drug-likeness (QED) is 0.754. The van der Waals surface area contributed by atoms with Gasteiger partial charge in [-0.05, 0) is 49.1 Å². The molecule has 1 unspecified atom stereocenters. The lowest BCUT2D eigenvalue weighted by molar-refractivity contribution is 0.0582. The van der Waals surface area contributed by atoms with Crippen LogP contribution in [0.25, 0.3) is 0 Å². The smallest absolute Gasteiger partial charge is 0.262 e. The van der Waals surface area contributed by atoms with Gasteiger partial charge in [-0.2, -0.15) is 0 Å². The summed E-state index contributed by atoms with van der Waals surface area (Å²) in [6.07, 6.45) is 3.51. The lowest BCUT2D eigenvalue weighted by Crippen LogP contribution is -2.33. The summed E-state index contributed by atoms with van der Waals surface area (Å²) in [5.41, 5.74) is 4.15. The lowest BCUT2D eigenvalue weighted by atomic mass is 10.1. The molecule has 0 bridgehead atoms. The van der Waals surface area contributed by atoms with Crippen molar-refractivity contribution >= 4 is 11.8 Å². The van der Waals surface area contributed by atoms with Gasteiger partial charge in [0.15, 0.2) is 0 Å². The fraction of sp³-hybridized carbons (Fsp3) is 0.235. The Balaban J connectivity index is 1.80. The van der Waals surface area contributed by atoms with Crippen molar-refractivity contribution in [3.8, 4) is 0 Å². The zero-order valence-corrected chi connectivity index (χ0v) is 11.7. The number of fused-ring (bicyclic) bond motifs is 2. The van der Waals surface area contributed by atoms with Gasteiger partial charge < -0.3 is 0 Å². The molecule has 104 valence electrons. The molecule has 0 saturated heterocycles. The van der Waals surface area contributed by atoms with Crippen LogP contribution in [0.5, 0.6) is 0 Å². The average molecular weight is 278 g/mol. The minimum Gasteiger partial charge on any atom is -0.269 e. The number of aryl methyl sites for hydroxylation is 2. The fourth-order valence-corrected chi connectivity index (χ4v) is 3.34. The summed E-state index contributed by atoms with van der Waals surface area (Å²) in [7, 11) is 0. The molecule has 1 aliphatic heterocycles. The Kier molecular flexibility index (Phi) is 2.48. The first kappa shape index (κ1) is 12.3. The first-order valence-electron chi connectivity index (χ1n) is 7.09. The summed E-state index contributed by atoms with van der Waals surface area (Å²) in [5, 5.41) is 0. The number of carbonyl (C=O) groups is 2. The van der Waals surface area contributed by atoms with E-state index in [1.807, 2.05) is 19.2 Å². The molecule has 4 rings (SSSR count). The van der Waals surface area contributed by atoms with Crippen LogP contribution in [-0.4, -0.2) is 21.7 Å². The number of rotatable bonds is 1. The molecule has 1 aromatic carbocycles. The van der Waals surface area contributed by atoms with Crippen LogP contribution >= 0.6 is 0 Å². The number of imide groups is 1. The maximum absolute atomic E-state index is 12.6. The number of hydrogen-bond donors (Lipinski definition) is 0. The monoisotopic (exact) mass is 278 g/mol. The van der Waals surface area contributed by atoms with E-state index in [0.29, 0.717) is 11.1 Å². The number of amides is 2. The van der Waals surface area contributed by atoms with Crippen LogP contribution in [0.1, 0.15) is 50.0 Å². The van der Waals surface area contributed by atoms with Crippen LogP contribution in [0.2, 0.25) is 0 Å². The van der Waals surface area contributed by atoms with Crippen molar-refractivity contribution in [1.29, 1.82) is 0 Å². The molecule has 1 atom stereocenters. The van der Waals surface area contributed by atoms with E-state index in [1.54, 1.807) is 24.3 Å². The van der Waals surface area contributed by atoms with E-state index in [2.05, 4.69) is 4.98 Å². The zero-order valence-electron chi connectivity index (χ0n) is 11.7. The van der Waals surface area contributed by atoms with Gasteiger partial charge >= 0.3 is 0 Å². The predicted molar refractivity (Wildman–Crippen MR) is 77.0 cm³/mol. The lowest BCUT2D eigenvalue weighted by Gasteiger charge is -2.23. The number of benzene rings is 1. The largest absolute Gasteiger partial charge is 0.269 e. The van der Waals surface area contributed by atoms with Crippen molar-refractivity contribution in [2.75, 3.05) is 0 Å². The molecule has 1 aliphatic carbocycles. The van der Waals surface area contributed by atoms with E-state index in [-0.39, 0.29) is 17.9 Å². The molecule has 0 spiro atoms. The summed E-state index contributed by atoms with van der Waals surface area (Å²) in [6.45, 7) is 1.93. The second-order valence-electron chi connectivity index (χ2n) is 5.60. The molecular formula is C17H14N2O2. The Morgan fingerprint density at radius 1 is 1.14 bits per heavy atom. The molecular weight excluding hydrogens is 264 g/mol. The molecule has 2 amide bonds. The van der Waals surface area contributed by atoms with Crippen LogP contribution in [0.15, 0.2) is 36.5 Å². The van der Waals surface area contributed by atoms with Crippen LogP contribution in [0.4, 0.5) is 0 Å². The Hall–Kier alpha value is -2.49. The van der Waals surface area contributed by atoms with Gasteiger partial charge in [-0.25, -0.2) is 0 Å². The zero-order chi connectivity index (χ0) is 14.6. The van der Waals surface area contributed by atoms with Crippen molar-refractivity contribution < 1.29 is 9.59 Å². The van der Waals surface area contributed by atoms with Gasteiger partial charge in [0.1, 0.15) is 0 Å². The third kappa shape index (κ3) is 1.65. The molecule has 2 heterocycles. The third-order valence-corrected chi connectivity index (χ3v) is 4.34. The van der Waals surface area contributed by atoms with Crippen LogP contribution in [0, 0.1) is 6.92 Å².